The van der Waals surface area contributed by atoms with Gasteiger partial charge < -0.3 is 18.0 Å². The van der Waals surface area contributed by atoms with Crippen molar-refractivity contribution >= 4 is 17.2 Å². The van der Waals surface area contributed by atoms with E-state index in [1.165, 1.54) is 6.42 Å². The molecule has 1 atom stereocenters. The minimum absolute atomic E-state index is 0. The van der Waals surface area contributed by atoms with Gasteiger partial charge in [0.15, 0.2) is 0 Å². The largest absolute Gasteiger partial charge is 0.500 e. The Morgan fingerprint density at radius 1 is 1.00 bits per heavy atom. The lowest BCUT2D eigenvalue weighted by atomic mass is 10.2. The molecule has 0 aliphatic carbocycles. The van der Waals surface area contributed by atoms with E-state index in [0.29, 0.717) is 25.9 Å². The molecule has 1 aliphatic rings. The highest BCUT2D eigenvalue weighted by Crippen LogP contribution is 2.22. The van der Waals surface area contributed by atoms with Crippen molar-refractivity contribution < 1.29 is 18.0 Å². The lowest BCUT2D eigenvalue weighted by Crippen LogP contribution is -2.45. The zero-order valence-corrected chi connectivity index (χ0v) is 12.4. The summed E-state index contributed by atoms with van der Waals surface area (Å²) in [4.78, 5) is 0. The Labute approximate surface area is 114 Å². The van der Waals surface area contributed by atoms with Gasteiger partial charge in [0.1, 0.15) is 0 Å². The molecule has 18 heavy (non-hydrogen) atoms. The Morgan fingerprint density at radius 3 is 1.89 bits per heavy atom. The maximum absolute atomic E-state index is 5.80. The third-order valence-electron chi connectivity index (χ3n) is 2.75. The van der Waals surface area contributed by atoms with Crippen LogP contribution in [0.25, 0.3) is 0 Å². The van der Waals surface area contributed by atoms with Crippen molar-refractivity contribution in [2.45, 2.75) is 52.2 Å². The van der Waals surface area contributed by atoms with Gasteiger partial charge in [-0.1, -0.05) is 14.8 Å². The van der Waals surface area contributed by atoms with Crippen LogP contribution in [-0.4, -0.2) is 49.7 Å². The summed E-state index contributed by atoms with van der Waals surface area (Å²) in [6.07, 6.45) is 3.96. The minimum Gasteiger partial charge on any atom is -0.374 e. The molecule has 0 spiro atoms. The predicted molar refractivity (Wildman–Crippen MR) is 80.4 cm³/mol. The summed E-state index contributed by atoms with van der Waals surface area (Å²) in [6.45, 7) is 8.94. The van der Waals surface area contributed by atoms with Crippen molar-refractivity contribution in [1.29, 1.82) is 0 Å². The van der Waals surface area contributed by atoms with Crippen LogP contribution < -0.4 is 0 Å². The zero-order chi connectivity index (χ0) is 12.6. The third-order valence-corrected chi connectivity index (χ3v) is 5.91. The molecule has 6 heteroatoms. The smallest absolute Gasteiger partial charge is 0.374 e. The van der Waals surface area contributed by atoms with Crippen LogP contribution in [0.3, 0.4) is 0 Å². The minimum atomic E-state index is -2.39. The Morgan fingerprint density at radius 2 is 1.50 bits per heavy atom. The van der Waals surface area contributed by atoms with Gasteiger partial charge in [-0.25, -0.2) is 0 Å². The lowest BCUT2D eigenvalue weighted by Gasteiger charge is -2.28. The summed E-state index contributed by atoms with van der Waals surface area (Å²) in [5, 5.41) is 0. The summed E-state index contributed by atoms with van der Waals surface area (Å²) >= 11 is 0. The van der Waals surface area contributed by atoms with E-state index in [-0.39, 0.29) is 8.41 Å². The van der Waals surface area contributed by atoms with E-state index in [1.54, 1.807) is 0 Å². The summed E-state index contributed by atoms with van der Waals surface area (Å²) in [7, 11) is -2.39. The van der Waals surface area contributed by atoms with E-state index in [0.717, 1.165) is 25.5 Å². The second kappa shape index (κ2) is 9.98. The molecular weight excluding hydrogens is 247 g/mol. The molecule has 1 fully saturated rings. The molecule has 1 rings (SSSR count). The van der Waals surface area contributed by atoms with Gasteiger partial charge in [-0.3, -0.25) is 0 Å². The fourth-order valence-corrected chi connectivity index (χ4v) is 4.63. The Kier molecular flexibility index (Phi) is 10.0. The number of hydrogen-bond donors (Lipinski definition) is 0. The van der Waals surface area contributed by atoms with Crippen LogP contribution in [0.2, 0.25) is 6.04 Å². The van der Waals surface area contributed by atoms with Crippen molar-refractivity contribution in [2.75, 3.05) is 26.4 Å². The summed E-state index contributed by atoms with van der Waals surface area (Å²) in [5.41, 5.74) is 0. The van der Waals surface area contributed by atoms with E-state index in [2.05, 4.69) is 0 Å². The summed E-state index contributed by atoms with van der Waals surface area (Å²) in [5.74, 6) is 0. The first kappa shape index (κ1) is 18.1. The molecule has 4 nitrogen and oxygen atoms in total. The van der Waals surface area contributed by atoms with E-state index < -0.39 is 8.80 Å². The number of hydrogen-bond acceptors (Lipinski definition) is 4. The van der Waals surface area contributed by atoms with E-state index in [1.807, 2.05) is 20.8 Å². The Hall–Kier alpha value is 0.122. The monoisotopic (exact) mass is 277 g/mol. The second-order valence-corrected chi connectivity index (χ2v) is 6.92. The predicted octanol–water partition coefficient (Wildman–Crippen LogP) is 1.15. The molecule has 0 aromatic rings. The topological polar surface area (TPSA) is 40.2 Å². The fraction of sp³-hybridized carbons (Fsp3) is 1.00. The van der Waals surface area contributed by atoms with Crippen LogP contribution in [-0.2, 0) is 18.0 Å². The average Bonchev–Trinajstić information content (AvgIpc) is 3.09. The van der Waals surface area contributed by atoms with Crippen LogP contribution in [0.4, 0.5) is 0 Å². The van der Waals surface area contributed by atoms with Gasteiger partial charge in [0.05, 0.1) is 12.7 Å². The van der Waals surface area contributed by atoms with Gasteiger partial charge in [0.2, 0.25) is 0 Å². The number of epoxide rings is 1. The molecule has 0 radical (unpaired) electrons. The fourth-order valence-electron chi connectivity index (χ4n) is 1.95. The molecule has 0 N–H and O–H groups in total. The number of unbranched alkanes of at least 4 members (excludes halogenated alkanes) is 1. The number of rotatable bonds is 11. The van der Waals surface area contributed by atoms with Crippen molar-refractivity contribution in [3.63, 3.8) is 0 Å². The zero-order valence-electron chi connectivity index (χ0n) is 11.4. The van der Waals surface area contributed by atoms with E-state index in [9.17, 15) is 0 Å². The maximum atomic E-state index is 5.80. The van der Waals surface area contributed by atoms with Crippen molar-refractivity contribution in [3.05, 3.63) is 0 Å². The Bertz CT molecular complexity index is 185. The van der Waals surface area contributed by atoms with Crippen molar-refractivity contribution in [2.24, 2.45) is 0 Å². The van der Waals surface area contributed by atoms with Crippen LogP contribution in [0.5, 0.6) is 0 Å². The summed E-state index contributed by atoms with van der Waals surface area (Å²) in [6, 6.07) is 0.926. The molecule has 110 valence electrons. The second-order valence-electron chi connectivity index (χ2n) is 4.18. The maximum Gasteiger partial charge on any atom is 0.500 e. The molecule has 0 aromatic heterocycles. The quantitative estimate of drug-likeness (QED) is 0.323. The molecule has 0 saturated carbocycles. The third kappa shape index (κ3) is 6.90. The first-order valence-corrected chi connectivity index (χ1v) is 8.73. The van der Waals surface area contributed by atoms with Gasteiger partial charge >= 0.3 is 8.80 Å². The highest BCUT2D eigenvalue weighted by molar-refractivity contribution is 6.60. The molecule has 1 saturated heterocycles. The first-order valence-electron chi connectivity index (χ1n) is 6.79. The number of ether oxygens (including phenoxy) is 1. The van der Waals surface area contributed by atoms with Crippen LogP contribution in [0.1, 0.15) is 40.0 Å². The Balaban J connectivity index is 0.00000289. The molecule has 1 heterocycles. The van der Waals surface area contributed by atoms with Gasteiger partial charge in [-0.2, -0.15) is 0 Å². The first-order chi connectivity index (χ1) is 8.26. The molecule has 0 amide bonds. The van der Waals surface area contributed by atoms with Gasteiger partial charge in [-0.15, -0.1) is 0 Å². The highest BCUT2D eigenvalue weighted by atomic mass is 28.4. The average molecular weight is 277 g/mol. The van der Waals surface area contributed by atoms with Gasteiger partial charge in [0.25, 0.3) is 0 Å². The standard InChI is InChI=1S/C12H26O4Si.BH4/c1-4-14-17(15-5-2,16-6-3)10-8-7-9-12-11-13-12;/h12H,4-11H2,1-3H3;1H4/q;-1. The van der Waals surface area contributed by atoms with E-state index in [4.69, 9.17) is 18.0 Å². The molecule has 1 aliphatic heterocycles. The molecule has 1 unspecified atom stereocenters. The van der Waals surface area contributed by atoms with Crippen LogP contribution >= 0.6 is 0 Å². The van der Waals surface area contributed by atoms with Crippen molar-refractivity contribution in [3.8, 4) is 0 Å². The molecule has 0 aromatic carbocycles. The lowest BCUT2D eigenvalue weighted by molar-refractivity contribution is 0.0706. The highest BCUT2D eigenvalue weighted by Gasteiger charge is 2.39. The summed E-state index contributed by atoms with van der Waals surface area (Å²) < 4.78 is 22.6. The van der Waals surface area contributed by atoms with Crippen LogP contribution in [0, 0.1) is 0 Å². The molecular formula is C12H30BO4Si-. The normalized spacial score (nSPS) is 18.5. The van der Waals surface area contributed by atoms with E-state index >= 15 is 0 Å². The van der Waals surface area contributed by atoms with Gasteiger partial charge in [-0.05, 0) is 33.6 Å². The van der Waals surface area contributed by atoms with Crippen LogP contribution in [0.15, 0.2) is 0 Å². The molecule has 0 bridgehead atoms. The van der Waals surface area contributed by atoms with Gasteiger partial charge in [0, 0.05) is 25.9 Å². The van der Waals surface area contributed by atoms with Crippen molar-refractivity contribution in [1.82, 2.24) is 0 Å². The SMILES string of the molecule is CCO[Si](CCCCC1CO1)(OCC)OCC.[BH4-].